The highest BCUT2D eigenvalue weighted by atomic mass is 32.2. The Morgan fingerprint density at radius 1 is 1.29 bits per heavy atom. The van der Waals surface area contributed by atoms with Gasteiger partial charge in [0.1, 0.15) is 23.9 Å². The first-order valence-corrected chi connectivity index (χ1v) is 11.9. The normalized spacial score (nSPS) is 27.4. The lowest BCUT2D eigenvalue weighted by molar-refractivity contribution is -0.128. The average Bonchev–Trinajstić information content (AvgIpc) is 3.05. The molecule has 0 aromatic heterocycles. The molecule has 0 amide bonds. The van der Waals surface area contributed by atoms with Crippen molar-refractivity contribution < 1.29 is 32.0 Å². The topological polar surface area (TPSA) is 99.1 Å². The van der Waals surface area contributed by atoms with E-state index in [-0.39, 0.29) is 18.3 Å². The third-order valence-electron chi connectivity index (χ3n) is 7.21. The first-order valence-electron chi connectivity index (χ1n) is 10.3. The molecule has 31 heavy (non-hydrogen) atoms. The van der Waals surface area contributed by atoms with Crippen LogP contribution in [-0.4, -0.2) is 50.5 Å². The van der Waals surface area contributed by atoms with Crippen molar-refractivity contribution in [1.82, 2.24) is 0 Å². The zero-order valence-electron chi connectivity index (χ0n) is 18.4. The molecule has 2 bridgehead atoms. The molecule has 0 radical (unpaired) electrons. The molecular weight excluding hydrogens is 420 g/mol. The predicted molar refractivity (Wildman–Crippen MR) is 115 cm³/mol. The average molecular weight is 451 g/mol. The van der Waals surface area contributed by atoms with Gasteiger partial charge in [0.2, 0.25) is 0 Å². The maximum atomic E-state index is 13.0. The van der Waals surface area contributed by atoms with Crippen LogP contribution in [0, 0.1) is 29.1 Å². The minimum Gasteiger partial charge on any atom is -0.497 e. The molecule has 0 spiro atoms. The molecule has 2 saturated carbocycles. The number of benzene rings is 1. The van der Waals surface area contributed by atoms with Gasteiger partial charge in [-0.15, -0.1) is 6.42 Å². The minimum atomic E-state index is -4.20. The number of hydrogen-bond acceptors (Lipinski definition) is 7. The monoisotopic (exact) mass is 450 g/mol. The van der Waals surface area contributed by atoms with Gasteiger partial charge in [-0.25, -0.2) is 0 Å². The van der Waals surface area contributed by atoms with Gasteiger partial charge < -0.3 is 14.6 Å². The summed E-state index contributed by atoms with van der Waals surface area (Å²) in [6, 6.07) is 6.66. The Balaban J connectivity index is 1.77. The van der Waals surface area contributed by atoms with E-state index in [1.807, 2.05) is 13.8 Å². The number of Topliss-reactive ketones (excluding diaryl/α,β-unsaturated/α-hetero) is 1. The van der Waals surface area contributed by atoms with Crippen LogP contribution in [0.15, 0.2) is 24.3 Å². The second-order valence-corrected chi connectivity index (χ2v) is 10.8. The number of terminal acetylenes is 1. The van der Waals surface area contributed by atoms with E-state index < -0.39 is 38.4 Å². The van der Waals surface area contributed by atoms with E-state index in [4.69, 9.17) is 20.1 Å². The summed E-state index contributed by atoms with van der Waals surface area (Å²) in [4.78, 5) is 12.7. The number of fused-ring (bicyclic) bond motifs is 2. The smallest absolute Gasteiger partial charge is 0.268 e. The number of aliphatic hydroxyl groups is 1. The highest BCUT2D eigenvalue weighted by Crippen LogP contribution is 2.64. The fraction of sp³-hybridized carbons (Fsp3) is 0.609. The molecule has 1 aromatic carbocycles. The van der Waals surface area contributed by atoms with Gasteiger partial charge in [0.25, 0.3) is 10.1 Å². The van der Waals surface area contributed by atoms with E-state index in [0.717, 1.165) is 6.42 Å². The molecule has 4 atom stereocenters. The van der Waals surface area contributed by atoms with Crippen LogP contribution < -0.4 is 9.47 Å². The van der Waals surface area contributed by atoms with Gasteiger partial charge in [-0.1, -0.05) is 19.8 Å². The fourth-order valence-corrected chi connectivity index (χ4v) is 6.79. The summed E-state index contributed by atoms with van der Waals surface area (Å²) in [5, 5.41) is 10.6. The lowest BCUT2D eigenvalue weighted by Crippen LogP contribution is -2.48. The predicted octanol–water partition coefficient (Wildman–Crippen LogP) is 2.57. The largest absolute Gasteiger partial charge is 0.497 e. The molecule has 0 heterocycles. The number of hydrogen-bond donors (Lipinski definition) is 1. The first-order chi connectivity index (χ1) is 14.4. The van der Waals surface area contributed by atoms with E-state index in [1.165, 1.54) is 14.0 Å². The molecule has 2 aliphatic carbocycles. The molecule has 1 aromatic rings. The number of methoxy groups -OCH3 is 1. The molecule has 0 saturated heterocycles. The van der Waals surface area contributed by atoms with Crippen molar-refractivity contribution in [2.24, 2.45) is 16.7 Å². The SMILES string of the molecule is C#C[C@@](C)(O)[C@@H](COc1ccc(OC)cc1)OS(=O)(=O)C[C@@]12CC[C@@H](CC1=O)C2(C)C. The Labute approximate surface area is 184 Å². The molecule has 0 aliphatic heterocycles. The maximum absolute atomic E-state index is 13.0. The standard InChI is InChI=1S/C23H30O7S/c1-6-22(4,25)20(14-29-18-9-7-17(28-5)8-10-18)30-31(26,27)15-23-12-11-16(13-19(23)24)21(23,2)3/h1,7-10,16,20,25H,11-15H2,2-5H3/t16-,20+,22+,23-/m0/s1. The summed E-state index contributed by atoms with van der Waals surface area (Å²) in [6.07, 6.45) is 5.81. The summed E-state index contributed by atoms with van der Waals surface area (Å²) < 4.78 is 42.2. The minimum absolute atomic E-state index is 0.0318. The molecule has 0 unspecified atom stereocenters. The van der Waals surface area contributed by atoms with Crippen molar-refractivity contribution in [2.75, 3.05) is 19.5 Å². The van der Waals surface area contributed by atoms with Gasteiger partial charge in [-0.05, 0) is 55.4 Å². The van der Waals surface area contributed by atoms with Crippen LogP contribution in [0.1, 0.15) is 40.0 Å². The maximum Gasteiger partial charge on any atom is 0.268 e. The number of ketones is 1. The summed E-state index contributed by atoms with van der Waals surface area (Å²) in [5.41, 5.74) is -3.30. The van der Waals surface area contributed by atoms with E-state index in [0.29, 0.717) is 24.3 Å². The van der Waals surface area contributed by atoms with Gasteiger partial charge in [0.05, 0.1) is 18.3 Å². The van der Waals surface area contributed by atoms with Crippen LogP contribution in [0.3, 0.4) is 0 Å². The number of carbonyl (C=O) groups is 1. The van der Waals surface area contributed by atoms with Gasteiger partial charge in [-0.3, -0.25) is 8.98 Å². The Kier molecular flexibility index (Phi) is 6.18. The van der Waals surface area contributed by atoms with E-state index >= 15 is 0 Å². The fourth-order valence-electron chi connectivity index (χ4n) is 4.84. The van der Waals surface area contributed by atoms with Crippen LogP contribution >= 0.6 is 0 Å². The third-order valence-corrected chi connectivity index (χ3v) is 8.58. The molecule has 8 heteroatoms. The quantitative estimate of drug-likeness (QED) is 0.456. The van der Waals surface area contributed by atoms with Gasteiger partial charge in [0, 0.05) is 6.42 Å². The zero-order valence-corrected chi connectivity index (χ0v) is 19.2. The lowest BCUT2D eigenvalue weighted by Gasteiger charge is -2.36. The molecule has 170 valence electrons. The second kappa shape index (κ2) is 8.12. The summed E-state index contributed by atoms with van der Waals surface area (Å²) in [5.74, 6) is 2.96. The van der Waals surface area contributed by atoms with Gasteiger partial charge in [-0.2, -0.15) is 8.42 Å². The highest BCUT2D eigenvalue weighted by molar-refractivity contribution is 7.86. The van der Waals surface area contributed by atoms with Crippen LogP contribution in [-0.2, 0) is 19.1 Å². The van der Waals surface area contributed by atoms with Crippen molar-refractivity contribution in [3.8, 4) is 23.8 Å². The Morgan fingerprint density at radius 3 is 2.39 bits per heavy atom. The molecule has 2 fully saturated rings. The van der Waals surface area contributed by atoms with Crippen LogP contribution in [0.25, 0.3) is 0 Å². The molecule has 2 aliphatic rings. The van der Waals surface area contributed by atoms with Gasteiger partial charge >= 0.3 is 0 Å². The second-order valence-electron chi connectivity index (χ2n) is 9.23. The van der Waals surface area contributed by atoms with Crippen molar-refractivity contribution in [1.29, 1.82) is 0 Å². The molecule has 1 N–H and O–H groups in total. The van der Waals surface area contributed by atoms with Crippen LogP contribution in [0.4, 0.5) is 0 Å². The number of rotatable bonds is 9. The van der Waals surface area contributed by atoms with Crippen molar-refractivity contribution >= 4 is 15.9 Å². The van der Waals surface area contributed by atoms with Gasteiger partial charge in [0.15, 0.2) is 11.7 Å². The highest BCUT2D eigenvalue weighted by Gasteiger charge is 2.65. The van der Waals surface area contributed by atoms with Crippen LogP contribution in [0.5, 0.6) is 11.5 Å². The summed E-state index contributed by atoms with van der Waals surface area (Å²) in [7, 11) is -2.66. The Bertz CT molecular complexity index is 972. The van der Waals surface area contributed by atoms with Crippen molar-refractivity contribution in [3.63, 3.8) is 0 Å². The van der Waals surface area contributed by atoms with E-state index in [1.54, 1.807) is 24.3 Å². The van der Waals surface area contributed by atoms with Crippen LogP contribution in [0.2, 0.25) is 0 Å². The molecule has 7 nitrogen and oxygen atoms in total. The van der Waals surface area contributed by atoms with Crippen molar-refractivity contribution in [3.05, 3.63) is 24.3 Å². The Morgan fingerprint density at radius 2 is 1.90 bits per heavy atom. The first kappa shape index (κ1) is 23.6. The van der Waals surface area contributed by atoms with Crippen molar-refractivity contribution in [2.45, 2.75) is 51.7 Å². The van der Waals surface area contributed by atoms with E-state index in [9.17, 15) is 18.3 Å². The number of ether oxygens (including phenoxy) is 2. The summed E-state index contributed by atoms with van der Waals surface area (Å²) >= 11 is 0. The third kappa shape index (κ3) is 4.32. The molecular formula is C23H30O7S. The van der Waals surface area contributed by atoms with E-state index in [2.05, 4.69) is 5.92 Å². The zero-order chi connectivity index (χ0) is 23.1. The number of carbonyl (C=O) groups excluding carboxylic acids is 1. The Hall–Kier alpha value is -2.08. The lowest BCUT2D eigenvalue weighted by atomic mass is 9.70. The summed E-state index contributed by atoms with van der Waals surface area (Å²) in [6.45, 7) is 4.90. The molecule has 3 rings (SSSR count).